The predicted octanol–water partition coefficient (Wildman–Crippen LogP) is 2.92. The summed E-state index contributed by atoms with van der Waals surface area (Å²) in [6.45, 7) is 0. The third-order valence-corrected chi connectivity index (χ3v) is 4.90. The molecule has 0 fully saturated rings. The van der Waals surface area contributed by atoms with Crippen LogP contribution in [-0.4, -0.2) is 33.6 Å². The number of halogens is 1. The van der Waals surface area contributed by atoms with E-state index in [0.717, 1.165) is 23.1 Å². The fraction of sp³-hybridized carbons (Fsp3) is 0.111. The zero-order chi connectivity index (χ0) is 20.1. The number of anilines is 1. The van der Waals surface area contributed by atoms with Gasteiger partial charge >= 0.3 is 0 Å². The largest absolute Gasteiger partial charge is 0.497 e. The van der Waals surface area contributed by atoms with Gasteiger partial charge in [0.1, 0.15) is 11.8 Å². The van der Waals surface area contributed by atoms with E-state index >= 15 is 0 Å². The lowest BCUT2D eigenvalue weighted by molar-refractivity contribution is -0.113. The van der Waals surface area contributed by atoms with Crippen molar-refractivity contribution in [2.45, 2.75) is 5.16 Å². The van der Waals surface area contributed by atoms with Crippen LogP contribution in [0.1, 0.15) is 5.56 Å². The van der Waals surface area contributed by atoms with Crippen LogP contribution in [0.3, 0.4) is 0 Å². The molecule has 2 aromatic carbocycles. The zero-order valence-electron chi connectivity index (χ0n) is 14.7. The normalized spacial score (nSPS) is 10.3. The SMILES string of the molecule is COc1ccc(-c2nnc(SCC(=O)Nc3cc(Cl)ccc3C#N)n2N)cc1. The van der Waals surface area contributed by atoms with Crippen LogP contribution < -0.4 is 15.9 Å². The molecule has 0 aliphatic heterocycles. The van der Waals surface area contributed by atoms with Gasteiger partial charge in [-0.15, -0.1) is 10.2 Å². The molecule has 0 bridgehead atoms. The van der Waals surface area contributed by atoms with Crippen LogP contribution >= 0.6 is 23.4 Å². The highest BCUT2D eigenvalue weighted by Gasteiger charge is 2.15. The third-order valence-electron chi connectivity index (χ3n) is 3.72. The number of benzene rings is 2. The van der Waals surface area contributed by atoms with Crippen LogP contribution in [0.15, 0.2) is 47.6 Å². The summed E-state index contributed by atoms with van der Waals surface area (Å²) in [5, 5.41) is 20.7. The number of nitrogens with zero attached hydrogens (tertiary/aromatic N) is 4. The minimum Gasteiger partial charge on any atom is -0.497 e. The summed E-state index contributed by atoms with van der Waals surface area (Å²) in [7, 11) is 1.59. The number of aromatic nitrogens is 3. The number of nitrogens with two attached hydrogens (primary N) is 1. The van der Waals surface area contributed by atoms with Gasteiger partial charge in [0.25, 0.3) is 0 Å². The highest BCUT2D eigenvalue weighted by molar-refractivity contribution is 7.99. The Balaban J connectivity index is 1.67. The smallest absolute Gasteiger partial charge is 0.234 e. The molecule has 142 valence electrons. The molecule has 0 radical (unpaired) electrons. The van der Waals surface area contributed by atoms with E-state index in [1.165, 1.54) is 10.7 Å². The standard InChI is InChI=1S/C18H15ClN6O2S/c1-27-14-6-3-11(4-7-14)17-23-24-18(25(17)21)28-10-16(26)22-15-8-13(19)5-2-12(15)9-20/h2-8H,10,21H2,1H3,(H,22,26). The number of thioether (sulfide) groups is 1. The van der Waals surface area contributed by atoms with E-state index in [2.05, 4.69) is 15.5 Å². The van der Waals surface area contributed by atoms with Crippen LogP contribution in [0.5, 0.6) is 5.75 Å². The first-order chi connectivity index (χ1) is 13.5. The van der Waals surface area contributed by atoms with Gasteiger partial charge in [-0.2, -0.15) is 5.26 Å². The highest BCUT2D eigenvalue weighted by Crippen LogP contribution is 2.24. The summed E-state index contributed by atoms with van der Waals surface area (Å²) in [6, 6.07) is 13.9. The Kier molecular flexibility index (Phi) is 6.03. The molecule has 3 N–H and O–H groups in total. The van der Waals surface area contributed by atoms with Gasteiger partial charge in [0.15, 0.2) is 5.82 Å². The van der Waals surface area contributed by atoms with Crippen molar-refractivity contribution in [3.05, 3.63) is 53.1 Å². The van der Waals surface area contributed by atoms with Crippen molar-refractivity contribution in [3.63, 3.8) is 0 Å². The highest BCUT2D eigenvalue weighted by atomic mass is 35.5. The van der Waals surface area contributed by atoms with Crippen LogP contribution in [0.25, 0.3) is 11.4 Å². The number of carbonyl (C=O) groups is 1. The Morgan fingerprint density at radius 3 is 2.75 bits per heavy atom. The second-order valence-corrected chi connectivity index (χ2v) is 6.92. The molecule has 1 heterocycles. The van der Waals surface area contributed by atoms with E-state index in [4.69, 9.17) is 27.4 Å². The molecule has 28 heavy (non-hydrogen) atoms. The van der Waals surface area contributed by atoms with Crippen LogP contribution in [0, 0.1) is 11.3 Å². The monoisotopic (exact) mass is 414 g/mol. The number of rotatable bonds is 6. The quantitative estimate of drug-likeness (QED) is 0.470. The van der Waals surface area contributed by atoms with Crippen LogP contribution in [0.2, 0.25) is 5.02 Å². The molecular formula is C18H15ClN6O2S. The first kappa shape index (κ1) is 19.5. The molecule has 0 aliphatic carbocycles. The second kappa shape index (κ2) is 8.65. The lowest BCUT2D eigenvalue weighted by Gasteiger charge is -2.07. The predicted molar refractivity (Wildman–Crippen MR) is 108 cm³/mol. The maximum Gasteiger partial charge on any atom is 0.234 e. The van der Waals surface area contributed by atoms with Gasteiger partial charge in [-0.3, -0.25) is 4.79 Å². The van der Waals surface area contributed by atoms with Crippen molar-refractivity contribution in [3.8, 4) is 23.2 Å². The lowest BCUT2D eigenvalue weighted by atomic mass is 10.2. The van der Waals surface area contributed by atoms with Gasteiger partial charge in [-0.05, 0) is 42.5 Å². The van der Waals surface area contributed by atoms with E-state index < -0.39 is 0 Å². The van der Waals surface area contributed by atoms with E-state index in [1.807, 2.05) is 18.2 Å². The van der Waals surface area contributed by atoms with E-state index in [-0.39, 0.29) is 11.7 Å². The van der Waals surface area contributed by atoms with Gasteiger partial charge in [0, 0.05) is 10.6 Å². The summed E-state index contributed by atoms with van der Waals surface area (Å²) in [4.78, 5) is 12.2. The summed E-state index contributed by atoms with van der Waals surface area (Å²) in [5.74, 6) is 6.96. The number of carbonyl (C=O) groups excluding carboxylic acids is 1. The molecule has 0 saturated heterocycles. The van der Waals surface area contributed by atoms with E-state index in [0.29, 0.717) is 27.3 Å². The van der Waals surface area contributed by atoms with Crippen molar-refractivity contribution < 1.29 is 9.53 Å². The number of methoxy groups -OCH3 is 1. The average Bonchev–Trinajstić information content (AvgIpc) is 3.07. The Hall–Kier alpha value is -3.22. The number of nitrogens with one attached hydrogen (secondary N) is 1. The molecule has 0 spiro atoms. The van der Waals surface area contributed by atoms with Crippen LogP contribution in [0.4, 0.5) is 5.69 Å². The van der Waals surface area contributed by atoms with Gasteiger partial charge in [-0.1, -0.05) is 23.4 Å². The number of ether oxygens (including phenoxy) is 1. The molecule has 3 rings (SSSR count). The molecule has 0 atom stereocenters. The minimum absolute atomic E-state index is 0.0370. The molecule has 10 heteroatoms. The van der Waals surface area contributed by atoms with E-state index in [1.54, 1.807) is 31.4 Å². The fourth-order valence-corrected chi connectivity index (χ4v) is 3.17. The molecule has 1 aromatic heterocycles. The number of amides is 1. The third kappa shape index (κ3) is 4.36. The second-order valence-electron chi connectivity index (χ2n) is 5.54. The van der Waals surface area contributed by atoms with Gasteiger partial charge in [0.05, 0.1) is 24.1 Å². The average molecular weight is 415 g/mol. The summed E-state index contributed by atoms with van der Waals surface area (Å²) < 4.78 is 6.45. The number of hydrogen-bond acceptors (Lipinski definition) is 7. The van der Waals surface area contributed by atoms with Crippen molar-refractivity contribution in [2.24, 2.45) is 0 Å². The van der Waals surface area contributed by atoms with Gasteiger partial charge in [0.2, 0.25) is 11.1 Å². The van der Waals surface area contributed by atoms with Gasteiger partial charge in [-0.25, -0.2) is 4.68 Å². The molecule has 0 aliphatic rings. The van der Waals surface area contributed by atoms with E-state index in [9.17, 15) is 4.79 Å². The molecule has 0 unspecified atom stereocenters. The Morgan fingerprint density at radius 1 is 1.32 bits per heavy atom. The summed E-state index contributed by atoms with van der Waals surface area (Å²) in [6.07, 6.45) is 0. The maximum atomic E-state index is 12.2. The summed E-state index contributed by atoms with van der Waals surface area (Å²) >= 11 is 7.05. The van der Waals surface area contributed by atoms with Crippen LogP contribution in [-0.2, 0) is 4.79 Å². The minimum atomic E-state index is -0.322. The molecule has 3 aromatic rings. The van der Waals surface area contributed by atoms with Crippen molar-refractivity contribution in [2.75, 3.05) is 24.0 Å². The maximum absolute atomic E-state index is 12.2. The first-order valence-corrected chi connectivity index (χ1v) is 9.35. The number of nitriles is 1. The molecular weight excluding hydrogens is 400 g/mol. The zero-order valence-corrected chi connectivity index (χ0v) is 16.3. The first-order valence-electron chi connectivity index (χ1n) is 7.99. The molecule has 8 nitrogen and oxygen atoms in total. The van der Waals surface area contributed by atoms with Crippen molar-refractivity contribution in [1.29, 1.82) is 5.26 Å². The Bertz CT molecular complexity index is 1050. The molecule has 1 amide bonds. The van der Waals surface area contributed by atoms with Gasteiger partial charge < -0.3 is 15.9 Å². The Morgan fingerprint density at radius 2 is 2.07 bits per heavy atom. The number of nitrogen functional groups attached to an aromatic ring is 1. The van der Waals surface area contributed by atoms with Crippen molar-refractivity contribution >= 4 is 35.0 Å². The number of hydrogen-bond donors (Lipinski definition) is 2. The van der Waals surface area contributed by atoms with Crippen molar-refractivity contribution in [1.82, 2.24) is 14.9 Å². The molecule has 0 saturated carbocycles. The topological polar surface area (TPSA) is 119 Å². The summed E-state index contributed by atoms with van der Waals surface area (Å²) in [5.41, 5.74) is 1.45. The fourth-order valence-electron chi connectivity index (χ4n) is 2.35. The Labute approximate surface area is 170 Å². The lowest BCUT2D eigenvalue weighted by Crippen LogP contribution is -2.17.